The summed E-state index contributed by atoms with van der Waals surface area (Å²) in [7, 11) is 0. The highest BCUT2D eigenvalue weighted by Gasteiger charge is 2.22. The molecule has 0 spiro atoms. The monoisotopic (exact) mass is 344 g/mol. The number of halogens is 2. The minimum absolute atomic E-state index is 0.0553. The van der Waals surface area contributed by atoms with E-state index in [9.17, 15) is 4.79 Å². The Kier molecular flexibility index (Phi) is 5.25. The molecule has 0 bridgehead atoms. The predicted octanol–water partition coefficient (Wildman–Crippen LogP) is 3.32. The summed E-state index contributed by atoms with van der Waals surface area (Å²) in [5.74, 6) is 0.0553. The highest BCUT2D eigenvalue weighted by molar-refractivity contribution is 9.10. The first-order chi connectivity index (χ1) is 9.11. The van der Waals surface area contributed by atoms with Crippen LogP contribution in [0.1, 0.15) is 30.1 Å². The zero-order chi connectivity index (χ0) is 13.8. The number of carbonyl (C=O) groups is 1. The third-order valence-electron chi connectivity index (χ3n) is 3.43. The van der Waals surface area contributed by atoms with E-state index in [1.54, 1.807) is 18.2 Å². The molecule has 2 rings (SSSR count). The summed E-state index contributed by atoms with van der Waals surface area (Å²) in [6, 6.07) is 5.71. The maximum Gasteiger partial charge on any atom is 0.255 e. The van der Waals surface area contributed by atoms with Crippen LogP contribution >= 0.6 is 27.5 Å². The number of amides is 1. The number of likely N-dealkylation sites (N-methyl/N-ethyl adjacent to an activating group) is 1. The molecule has 1 fully saturated rings. The summed E-state index contributed by atoms with van der Waals surface area (Å²) in [6.45, 7) is 4.55. The average molecular weight is 346 g/mol. The molecule has 1 N–H and O–H groups in total. The van der Waals surface area contributed by atoms with Gasteiger partial charge in [-0.1, -0.05) is 11.6 Å². The van der Waals surface area contributed by atoms with Crippen LogP contribution in [0.3, 0.4) is 0 Å². The average Bonchev–Trinajstić information content (AvgIpc) is 2.88. The number of nitrogens with zero attached hydrogens (tertiary/aromatic N) is 1. The van der Waals surface area contributed by atoms with E-state index >= 15 is 0 Å². The molecule has 104 valence electrons. The maximum absolute atomic E-state index is 12.5. The quantitative estimate of drug-likeness (QED) is 0.908. The van der Waals surface area contributed by atoms with Gasteiger partial charge in [-0.25, -0.2) is 0 Å². The Morgan fingerprint density at radius 1 is 1.58 bits per heavy atom. The molecule has 0 saturated carbocycles. The van der Waals surface area contributed by atoms with Gasteiger partial charge in [-0.15, -0.1) is 0 Å². The Bertz CT molecular complexity index is 461. The molecule has 1 aromatic rings. The van der Waals surface area contributed by atoms with Gasteiger partial charge < -0.3 is 10.2 Å². The van der Waals surface area contributed by atoms with Gasteiger partial charge in [0.15, 0.2) is 0 Å². The van der Waals surface area contributed by atoms with Gasteiger partial charge in [0.25, 0.3) is 5.91 Å². The maximum atomic E-state index is 12.5. The summed E-state index contributed by atoms with van der Waals surface area (Å²) in [6.07, 6.45) is 2.34. The molecule has 0 radical (unpaired) electrons. The van der Waals surface area contributed by atoms with E-state index in [-0.39, 0.29) is 5.91 Å². The molecule has 19 heavy (non-hydrogen) atoms. The van der Waals surface area contributed by atoms with Crippen molar-refractivity contribution in [3.8, 4) is 0 Å². The van der Waals surface area contributed by atoms with Crippen LogP contribution in [0.5, 0.6) is 0 Å². The molecule has 1 unspecified atom stereocenters. The minimum Gasteiger partial charge on any atom is -0.337 e. The highest BCUT2D eigenvalue weighted by Crippen LogP contribution is 2.23. The van der Waals surface area contributed by atoms with Crippen molar-refractivity contribution < 1.29 is 4.79 Å². The summed E-state index contributed by atoms with van der Waals surface area (Å²) < 4.78 is 0.753. The topological polar surface area (TPSA) is 32.3 Å². The lowest BCUT2D eigenvalue weighted by Gasteiger charge is -2.25. The fourth-order valence-corrected chi connectivity index (χ4v) is 3.22. The molecule has 1 aliphatic heterocycles. The summed E-state index contributed by atoms with van der Waals surface area (Å²) in [5, 5.41) is 4.05. The van der Waals surface area contributed by atoms with E-state index in [1.165, 1.54) is 6.42 Å². The normalized spacial score (nSPS) is 18.6. The van der Waals surface area contributed by atoms with E-state index in [1.807, 2.05) is 11.8 Å². The van der Waals surface area contributed by atoms with Crippen molar-refractivity contribution in [2.75, 3.05) is 19.6 Å². The number of hydrogen-bond donors (Lipinski definition) is 1. The Morgan fingerprint density at radius 3 is 2.95 bits per heavy atom. The van der Waals surface area contributed by atoms with Crippen LogP contribution in [0, 0.1) is 0 Å². The number of rotatable bonds is 4. The molecule has 0 aliphatic carbocycles. The van der Waals surface area contributed by atoms with E-state index < -0.39 is 0 Å². The van der Waals surface area contributed by atoms with Gasteiger partial charge in [-0.05, 0) is 60.4 Å². The number of nitrogens with one attached hydrogen (secondary N) is 1. The van der Waals surface area contributed by atoms with Crippen LogP contribution in [0.15, 0.2) is 22.7 Å². The lowest BCUT2D eigenvalue weighted by atomic mass is 10.1. The zero-order valence-electron chi connectivity index (χ0n) is 11.0. The van der Waals surface area contributed by atoms with E-state index in [0.29, 0.717) is 23.2 Å². The third kappa shape index (κ3) is 3.71. The van der Waals surface area contributed by atoms with Crippen molar-refractivity contribution in [2.45, 2.75) is 25.8 Å². The van der Waals surface area contributed by atoms with E-state index in [2.05, 4.69) is 21.2 Å². The van der Waals surface area contributed by atoms with Crippen LogP contribution < -0.4 is 5.32 Å². The van der Waals surface area contributed by atoms with Gasteiger partial charge >= 0.3 is 0 Å². The second-order valence-electron chi connectivity index (χ2n) is 4.76. The first-order valence-electron chi connectivity index (χ1n) is 6.59. The molecule has 0 aromatic heterocycles. The summed E-state index contributed by atoms with van der Waals surface area (Å²) >= 11 is 9.32. The van der Waals surface area contributed by atoms with Crippen LogP contribution in [0.25, 0.3) is 0 Å². The van der Waals surface area contributed by atoms with Gasteiger partial charge in [-0.2, -0.15) is 0 Å². The molecule has 1 aliphatic rings. The van der Waals surface area contributed by atoms with Gasteiger partial charge in [0.1, 0.15) is 0 Å². The van der Waals surface area contributed by atoms with Crippen molar-refractivity contribution in [3.05, 3.63) is 33.3 Å². The van der Waals surface area contributed by atoms with Gasteiger partial charge in [0, 0.05) is 28.6 Å². The fourth-order valence-electron chi connectivity index (χ4n) is 2.37. The van der Waals surface area contributed by atoms with Crippen LogP contribution in [-0.2, 0) is 0 Å². The SMILES string of the molecule is CCN(CC1CCCN1)C(=O)c1ccc(Cl)cc1Br. The van der Waals surface area contributed by atoms with Crippen molar-refractivity contribution in [1.82, 2.24) is 10.2 Å². The molecular formula is C14H18BrClN2O. The van der Waals surface area contributed by atoms with Gasteiger partial charge in [0.05, 0.1) is 5.56 Å². The minimum atomic E-state index is 0.0553. The van der Waals surface area contributed by atoms with Crippen molar-refractivity contribution >= 4 is 33.4 Å². The highest BCUT2D eigenvalue weighted by atomic mass is 79.9. The first kappa shape index (κ1) is 14.8. The second kappa shape index (κ2) is 6.73. The van der Waals surface area contributed by atoms with Crippen LogP contribution in [-0.4, -0.2) is 36.5 Å². The van der Waals surface area contributed by atoms with Crippen molar-refractivity contribution in [3.63, 3.8) is 0 Å². The molecular weight excluding hydrogens is 328 g/mol. The molecule has 1 aromatic carbocycles. The van der Waals surface area contributed by atoms with Crippen molar-refractivity contribution in [2.24, 2.45) is 0 Å². The largest absolute Gasteiger partial charge is 0.337 e. The lowest BCUT2D eigenvalue weighted by molar-refractivity contribution is 0.0750. The summed E-state index contributed by atoms with van der Waals surface area (Å²) in [4.78, 5) is 14.4. The molecule has 1 saturated heterocycles. The molecule has 1 atom stereocenters. The second-order valence-corrected chi connectivity index (χ2v) is 6.05. The van der Waals surface area contributed by atoms with Gasteiger partial charge in [-0.3, -0.25) is 4.79 Å². The Balaban J connectivity index is 2.10. The lowest BCUT2D eigenvalue weighted by Crippen LogP contribution is -2.41. The standard InChI is InChI=1S/C14H18BrClN2O/c1-2-18(9-11-4-3-7-17-11)14(19)12-6-5-10(16)8-13(12)15/h5-6,8,11,17H,2-4,7,9H2,1H3. The van der Waals surface area contributed by atoms with E-state index in [4.69, 9.17) is 11.6 Å². The van der Waals surface area contributed by atoms with Crippen molar-refractivity contribution in [1.29, 1.82) is 0 Å². The van der Waals surface area contributed by atoms with Crippen LogP contribution in [0.2, 0.25) is 5.02 Å². The number of hydrogen-bond acceptors (Lipinski definition) is 2. The Labute approximate surface area is 127 Å². The first-order valence-corrected chi connectivity index (χ1v) is 7.76. The molecule has 1 amide bonds. The van der Waals surface area contributed by atoms with E-state index in [0.717, 1.165) is 24.0 Å². The predicted molar refractivity (Wildman–Crippen MR) is 81.8 cm³/mol. The summed E-state index contributed by atoms with van der Waals surface area (Å²) in [5.41, 5.74) is 0.671. The fraction of sp³-hybridized carbons (Fsp3) is 0.500. The Morgan fingerprint density at radius 2 is 2.37 bits per heavy atom. The number of carbonyl (C=O) groups excluding carboxylic acids is 1. The number of benzene rings is 1. The Hall–Kier alpha value is -0.580. The molecule has 1 heterocycles. The molecule has 5 heteroatoms. The zero-order valence-corrected chi connectivity index (χ0v) is 13.3. The van der Waals surface area contributed by atoms with Crippen LogP contribution in [0.4, 0.5) is 0 Å². The molecule has 3 nitrogen and oxygen atoms in total. The smallest absolute Gasteiger partial charge is 0.255 e. The van der Waals surface area contributed by atoms with Gasteiger partial charge in [0.2, 0.25) is 0 Å². The third-order valence-corrected chi connectivity index (χ3v) is 4.32.